The van der Waals surface area contributed by atoms with Crippen molar-refractivity contribution in [2.75, 3.05) is 24.7 Å². The van der Waals surface area contributed by atoms with Crippen LogP contribution in [0.1, 0.15) is 36.5 Å². The number of hydrogen-bond acceptors (Lipinski definition) is 7. The minimum Gasteiger partial charge on any atom is -0.449 e. The molecule has 0 aromatic heterocycles. The second-order valence-electron chi connectivity index (χ2n) is 7.83. The second kappa shape index (κ2) is 10.0. The Labute approximate surface area is 193 Å². The monoisotopic (exact) mass is 494 g/mol. The van der Waals surface area contributed by atoms with Gasteiger partial charge in [-0.25, -0.2) is 21.6 Å². The van der Waals surface area contributed by atoms with Gasteiger partial charge >= 0.3 is 5.97 Å². The summed E-state index contributed by atoms with van der Waals surface area (Å²) in [5.74, 6) is -1.46. The Bertz CT molecular complexity index is 1230. The van der Waals surface area contributed by atoms with Crippen LogP contribution in [0.2, 0.25) is 0 Å². The highest BCUT2D eigenvalue weighted by atomic mass is 32.2. The maximum Gasteiger partial charge on any atom is 0.338 e. The molecule has 0 unspecified atom stereocenters. The van der Waals surface area contributed by atoms with E-state index < -0.39 is 37.8 Å². The number of anilines is 1. The SMILES string of the molecule is C[C@H](OC(=O)c1cccc(S(C)(=O)=O)c1)C(=O)Nc1ccc(S(=O)(=O)N2CCCCC2)cc1. The van der Waals surface area contributed by atoms with Crippen LogP contribution in [0, 0.1) is 0 Å². The van der Waals surface area contributed by atoms with Crippen LogP contribution in [-0.4, -0.2) is 58.5 Å². The first-order chi connectivity index (χ1) is 15.5. The number of carbonyl (C=O) groups excluding carboxylic acids is 2. The van der Waals surface area contributed by atoms with Crippen molar-refractivity contribution in [2.24, 2.45) is 0 Å². The zero-order valence-corrected chi connectivity index (χ0v) is 20.0. The van der Waals surface area contributed by atoms with Crippen LogP contribution in [0.15, 0.2) is 58.3 Å². The van der Waals surface area contributed by atoms with Crippen LogP contribution < -0.4 is 5.32 Å². The van der Waals surface area contributed by atoms with Gasteiger partial charge in [0, 0.05) is 25.0 Å². The molecule has 3 rings (SSSR count). The number of sulfone groups is 1. The molecule has 1 N–H and O–H groups in total. The molecular formula is C22H26N2O7S2. The molecule has 0 aliphatic carbocycles. The van der Waals surface area contributed by atoms with Crippen molar-refractivity contribution < 1.29 is 31.2 Å². The zero-order chi connectivity index (χ0) is 24.2. The van der Waals surface area contributed by atoms with E-state index in [0.29, 0.717) is 18.8 Å². The van der Waals surface area contributed by atoms with E-state index >= 15 is 0 Å². The summed E-state index contributed by atoms with van der Waals surface area (Å²) in [5, 5.41) is 2.57. The molecule has 11 heteroatoms. The molecule has 0 radical (unpaired) electrons. The summed E-state index contributed by atoms with van der Waals surface area (Å²) in [7, 11) is -7.07. The van der Waals surface area contributed by atoms with Crippen LogP contribution >= 0.6 is 0 Å². The van der Waals surface area contributed by atoms with Gasteiger partial charge in [-0.3, -0.25) is 4.79 Å². The van der Waals surface area contributed by atoms with E-state index in [1.54, 1.807) is 0 Å². The summed E-state index contributed by atoms with van der Waals surface area (Å²) in [5.41, 5.74) is 0.351. The Hall–Kier alpha value is -2.76. The molecule has 0 bridgehead atoms. The molecule has 9 nitrogen and oxygen atoms in total. The number of rotatable bonds is 7. The quantitative estimate of drug-likeness (QED) is 0.586. The van der Waals surface area contributed by atoms with Gasteiger partial charge in [-0.15, -0.1) is 0 Å². The molecule has 1 heterocycles. The summed E-state index contributed by atoms with van der Waals surface area (Å²) < 4.78 is 55.4. The number of benzene rings is 2. The lowest BCUT2D eigenvalue weighted by Gasteiger charge is -2.25. The average molecular weight is 495 g/mol. The van der Waals surface area contributed by atoms with Gasteiger partial charge in [0.2, 0.25) is 10.0 Å². The molecule has 1 fully saturated rings. The van der Waals surface area contributed by atoms with Crippen molar-refractivity contribution in [1.29, 1.82) is 0 Å². The molecule has 2 aromatic rings. The van der Waals surface area contributed by atoms with E-state index in [-0.39, 0.29) is 15.4 Å². The van der Waals surface area contributed by atoms with E-state index in [1.165, 1.54) is 59.8 Å². The average Bonchev–Trinajstić information content (AvgIpc) is 2.79. The van der Waals surface area contributed by atoms with Crippen molar-refractivity contribution in [2.45, 2.75) is 42.1 Å². The summed E-state index contributed by atoms with van der Waals surface area (Å²) in [6, 6.07) is 11.1. The second-order valence-corrected chi connectivity index (χ2v) is 11.8. The van der Waals surface area contributed by atoms with Crippen LogP contribution in [0.25, 0.3) is 0 Å². The molecule has 33 heavy (non-hydrogen) atoms. The Morgan fingerprint density at radius 3 is 2.18 bits per heavy atom. The zero-order valence-electron chi connectivity index (χ0n) is 18.4. The van der Waals surface area contributed by atoms with Crippen LogP contribution in [-0.2, 0) is 29.4 Å². The fourth-order valence-corrected chi connectivity index (χ4v) is 5.53. The van der Waals surface area contributed by atoms with Crippen molar-refractivity contribution in [1.82, 2.24) is 4.31 Å². The van der Waals surface area contributed by atoms with Crippen LogP contribution in [0.4, 0.5) is 5.69 Å². The fourth-order valence-electron chi connectivity index (χ4n) is 3.34. The number of esters is 1. The standard InChI is InChI=1S/C22H26N2O7S2/c1-16(31-22(26)17-7-6-8-20(15-17)32(2,27)28)21(25)23-18-9-11-19(12-10-18)33(29,30)24-13-4-3-5-14-24/h6-12,15-16H,3-5,13-14H2,1-2H3,(H,23,25)/t16-/m0/s1. The van der Waals surface area contributed by atoms with Gasteiger partial charge in [0.25, 0.3) is 5.91 Å². The maximum absolute atomic E-state index is 12.7. The third-order valence-corrected chi connectivity index (χ3v) is 8.25. The summed E-state index contributed by atoms with van der Waals surface area (Å²) >= 11 is 0. The summed E-state index contributed by atoms with van der Waals surface area (Å²) in [6.07, 6.45) is 2.54. The largest absolute Gasteiger partial charge is 0.449 e. The van der Waals surface area contributed by atoms with E-state index in [4.69, 9.17) is 4.74 Å². The number of carbonyl (C=O) groups is 2. The normalized spacial score (nSPS) is 16.1. The van der Waals surface area contributed by atoms with Gasteiger partial charge in [0.15, 0.2) is 15.9 Å². The third-order valence-electron chi connectivity index (χ3n) is 5.23. The van der Waals surface area contributed by atoms with Gasteiger partial charge in [0.05, 0.1) is 15.4 Å². The highest BCUT2D eigenvalue weighted by molar-refractivity contribution is 7.90. The Morgan fingerprint density at radius 1 is 0.939 bits per heavy atom. The number of nitrogens with one attached hydrogen (secondary N) is 1. The first kappa shape index (κ1) is 24.9. The lowest BCUT2D eigenvalue weighted by atomic mass is 10.2. The molecule has 1 amide bonds. The van der Waals surface area contributed by atoms with Gasteiger partial charge in [0.1, 0.15) is 0 Å². The first-order valence-corrected chi connectivity index (χ1v) is 13.7. The first-order valence-electron chi connectivity index (χ1n) is 10.4. The molecule has 178 valence electrons. The van der Waals surface area contributed by atoms with Crippen molar-refractivity contribution in [3.8, 4) is 0 Å². The highest BCUT2D eigenvalue weighted by Crippen LogP contribution is 2.22. The number of hydrogen-bond donors (Lipinski definition) is 1. The number of ether oxygens (including phenoxy) is 1. The number of nitrogens with zero attached hydrogens (tertiary/aromatic N) is 1. The molecule has 1 aliphatic rings. The lowest BCUT2D eigenvalue weighted by molar-refractivity contribution is -0.123. The lowest BCUT2D eigenvalue weighted by Crippen LogP contribution is -2.35. The molecule has 1 aliphatic heterocycles. The molecule has 0 saturated carbocycles. The fraction of sp³-hybridized carbons (Fsp3) is 0.364. The predicted octanol–water partition coefficient (Wildman–Crippen LogP) is 2.45. The molecule has 2 aromatic carbocycles. The number of sulfonamides is 1. The van der Waals surface area contributed by atoms with E-state index in [2.05, 4.69) is 5.32 Å². The smallest absolute Gasteiger partial charge is 0.338 e. The molecule has 1 atom stereocenters. The minimum absolute atomic E-state index is 0.00449. The summed E-state index contributed by atoms with van der Waals surface area (Å²) in [4.78, 5) is 24.9. The van der Waals surface area contributed by atoms with Crippen molar-refractivity contribution >= 4 is 37.4 Å². The van der Waals surface area contributed by atoms with E-state index in [1.807, 2.05) is 0 Å². The molecule has 1 saturated heterocycles. The van der Waals surface area contributed by atoms with E-state index in [9.17, 15) is 26.4 Å². The molecular weight excluding hydrogens is 468 g/mol. The van der Waals surface area contributed by atoms with Gasteiger partial charge in [-0.05, 0) is 62.2 Å². The number of amides is 1. The van der Waals surface area contributed by atoms with Crippen molar-refractivity contribution in [3.63, 3.8) is 0 Å². The number of piperidine rings is 1. The Kier molecular flexibility index (Phi) is 7.55. The highest BCUT2D eigenvalue weighted by Gasteiger charge is 2.26. The molecule has 0 spiro atoms. The van der Waals surface area contributed by atoms with Gasteiger partial charge in [-0.1, -0.05) is 12.5 Å². The Balaban J connectivity index is 1.62. The summed E-state index contributed by atoms with van der Waals surface area (Å²) in [6.45, 7) is 2.37. The van der Waals surface area contributed by atoms with Gasteiger partial charge in [-0.2, -0.15) is 4.31 Å². The van der Waals surface area contributed by atoms with Gasteiger partial charge < -0.3 is 10.1 Å². The topological polar surface area (TPSA) is 127 Å². The third kappa shape index (κ3) is 6.18. The van der Waals surface area contributed by atoms with E-state index in [0.717, 1.165) is 25.5 Å². The van der Waals surface area contributed by atoms with Crippen molar-refractivity contribution in [3.05, 3.63) is 54.1 Å². The predicted molar refractivity (Wildman–Crippen MR) is 122 cm³/mol. The van der Waals surface area contributed by atoms with Crippen LogP contribution in [0.3, 0.4) is 0 Å². The minimum atomic E-state index is -3.58. The maximum atomic E-state index is 12.7. The Morgan fingerprint density at radius 2 is 1.58 bits per heavy atom. The van der Waals surface area contributed by atoms with Crippen LogP contribution in [0.5, 0.6) is 0 Å².